The number of Topliss-reactive ketones (excluding diaryl/α,β-unsaturated/α-hetero) is 1. The number of ketones is 2. The molecule has 0 saturated heterocycles. The molecule has 4 nitrogen and oxygen atoms in total. The van der Waals surface area contributed by atoms with Crippen LogP contribution < -0.4 is 0 Å². The first-order valence-electron chi connectivity index (χ1n) is 10.2. The molecule has 0 unspecified atom stereocenters. The van der Waals surface area contributed by atoms with Gasteiger partial charge in [-0.15, -0.1) is 0 Å². The second kappa shape index (κ2) is 5.65. The summed E-state index contributed by atoms with van der Waals surface area (Å²) < 4.78 is 5.67. The number of rotatable bonds is 1. The Morgan fingerprint density at radius 2 is 1.85 bits per heavy atom. The van der Waals surface area contributed by atoms with E-state index in [4.69, 9.17) is 4.74 Å². The minimum Gasteiger partial charge on any atom is -0.451 e. The van der Waals surface area contributed by atoms with E-state index < -0.39 is 5.60 Å². The molecule has 2 fully saturated rings. The number of carbonyl (C=O) groups is 3. The highest BCUT2D eigenvalue weighted by Gasteiger charge is 2.67. The lowest BCUT2D eigenvalue weighted by Crippen LogP contribution is -2.55. The topological polar surface area (TPSA) is 60.4 Å². The number of esters is 1. The van der Waals surface area contributed by atoms with Gasteiger partial charge in [-0.3, -0.25) is 14.4 Å². The van der Waals surface area contributed by atoms with Crippen LogP contribution in [0.5, 0.6) is 0 Å². The van der Waals surface area contributed by atoms with E-state index >= 15 is 0 Å². The summed E-state index contributed by atoms with van der Waals surface area (Å²) in [7, 11) is 0. The van der Waals surface area contributed by atoms with Crippen LogP contribution in [0.3, 0.4) is 0 Å². The number of hydrogen-bond donors (Lipinski definition) is 0. The standard InChI is InChI=1S/C23H30O4/c1-13-10-16-17(21(3)8-6-15(25)11-18(13)21)7-9-22(4)19(16)12-20(26)23(22,5)27-14(2)24/h10-11,16-17,19H,6-9,12H2,1-5H3/t16-,17+,19+,21-,22+,23-/m1/s1. The molecule has 4 heteroatoms. The van der Waals surface area contributed by atoms with Gasteiger partial charge in [0.1, 0.15) is 0 Å². The predicted molar refractivity (Wildman–Crippen MR) is 102 cm³/mol. The normalized spacial score (nSPS) is 46.0. The zero-order chi connectivity index (χ0) is 19.8. The van der Waals surface area contributed by atoms with E-state index in [2.05, 4.69) is 26.8 Å². The van der Waals surface area contributed by atoms with Gasteiger partial charge in [0, 0.05) is 25.2 Å². The minimum absolute atomic E-state index is 0.00219. The highest BCUT2D eigenvalue weighted by Crippen LogP contribution is 2.66. The van der Waals surface area contributed by atoms with Crippen LogP contribution in [-0.2, 0) is 19.1 Å². The number of fused-ring (bicyclic) bond motifs is 5. The summed E-state index contributed by atoms with van der Waals surface area (Å²) in [5.41, 5.74) is 1.02. The lowest BCUT2D eigenvalue weighted by molar-refractivity contribution is -0.179. The van der Waals surface area contributed by atoms with Crippen molar-refractivity contribution in [1.29, 1.82) is 0 Å². The molecule has 0 aliphatic heterocycles. The smallest absolute Gasteiger partial charge is 0.303 e. The van der Waals surface area contributed by atoms with Crippen molar-refractivity contribution in [3.63, 3.8) is 0 Å². The van der Waals surface area contributed by atoms with Gasteiger partial charge in [-0.05, 0) is 67.9 Å². The summed E-state index contributed by atoms with van der Waals surface area (Å²) in [5, 5.41) is 0. The molecule has 4 aliphatic carbocycles. The second-order valence-corrected chi connectivity index (χ2v) is 9.79. The monoisotopic (exact) mass is 370 g/mol. The van der Waals surface area contributed by atoms with Gasteiger partial charge in [0.05, 0.1) is 0 Å². The molecule has 0 bridgehead atoms. The minimum atomic E-state index is -1.03. The van der Waals surface area contributed by atoms with Crippen LogP contribution in [0.2, 0.25) is 0 Å². The average molecular weight is 370 g/mol. The maximum absolute atomic E-state index is 13.0. The van der Waals surface area contributed by atoms with Gasteiger partial charge in [-0.1, -0.05) is 25.5 Å². The van der Waals surface area contributed by atoms with Gasteiger partial charge in [0.15, 0.2) is 17.2 Å². The molecule has 0 radical (unpaired) electrons. The highest BCUT2D eigenvalue weighted by molar-refractivity contribution is 5.94. The molecule has 146 valence electrons. The van der Waals surface area contributed by atoms with E-state index in [0.717, 1.165) is 19.3 Å². The molecule has 0 spiro atoms. The summed E-state index contributed by atoms with van der Waals surface area (Å²) in [6.07, 6.45) is 8.02. The van der Waals surface area contributed by atoms with E-state index in [1.165, 1.54) is 18.1 Å². The molecule has 4 rings (SSSR count). The third kappa shape index (κ3) is 2.31. The van der Waals surface area contributed by atoms with E-state index in [-0.39, 0.29) is 34.3 Å². The molecule has 0 aromatic carbocycles. The van der Waals surface area contributed by atoms with Crippen molar-refractivity contribution in [3.8, 4) is 0 Å². The van der Waals surface area contributed by atoms with Crippen molar-refractivity contribution in [2.75, 3.05) is 0 Å². The van der Waals surface area contributed by atoms with Crippen molar-refractivity contribution in [2.45, 2.75) is 72.3 Å². The number of allylic oxidation sites excluding steroid dienone is 4. The molecule has 0 aromatic rings. The van der Waals surface area contributed by atoms with Gasteiger partial charge in [-0.2, -0.15) is 0 Å². The Labute approximate surface area is 161 Å². The first-order valence-corrected chi connectivity index (χ1v) is 10.2. The van der Waals surface area contributed by atoms with E-state index in [0.29, 0.717) is 24.7 Å². The first kappa shape index (κ1) is 18.6. The fourth-order valence-electron chi connectivity index (χ4n) is 6.89. The molecular weight excluding hydrogens is 340 g/mol. The SMILES string of the molecule is CC(=O)O[C@]1(C)C(=O)C[C@H]2[C@@H]3C=C(C)C4=CC(=O)CC[C@]4(C)[C@H]3CC[C@@]21C. The molecule has 0 aromatic heterocycles. The van der Waals surface area contributed by atoms with Gasteiger partial charge in [0.2, 0.25) is 0 Å². The molecule has 4 aliphatic rings. The van der Waals surface area contributed by atoms with Crippen LogP contribution in [0, 0.1) is 28.6 Å². The Balaban J connectivity index is 1.79. The van der Waals surface area contributed by atoms with E-state index in [9.17, 15) is 14.4 Å². The Bertz CT molecular complexity index is 805. The lowest BCUT2D eigenvalue weighted by atomic mass is 9.47. The first-order chi connectivity index (χ1) is 12.5. The lowest BCUT2D eigenvalue weighted by Gasteiger charge is -2.57. The van der Waals surface area contributed by atoms with Gasteiger partial charge in [-0.25, -0.2) is 0 Å². The van der Waals surface area contributed by atoms with Crippen LogP contribution >= 0.6 is 0 Å². The van der Waals surface area contributed by atoms with Crippen LogP contribution in [0.4, 0.5) is 0 Å². The quantitative estimate of drug-likeness (QED) is 0.650. The molecule has 27 heavy (non-hydrogen) atoms. The van der Waals surface area contributed by atoms with Crippen molar-refractivity contribution in [1.82, 2.24) is 0 Å². The van der Waals surface area contributed by atoms with Crippen LogP contribution in [0.25, 0.3) is 0 Å². The maximum atomic E-state index is 13.0. The zero-order valence-corrected chi connectivity index (χ0v) is 17.1. The van der Waals surface area contributed by atoms with Crippen molar-refractivity contribution in [3.05, 3.63) is 23.3 Å². The van der Waals surface area contributed by atoms with E-state index in [1.54, 1.807) is 0 Å². The number of ether oxygens (including phenoxy) is 1. The number of carbonyl (C=O) groups excluding carboxylic acids is 3. The predicted octanol–water partition coefficient (Wildman–Crippen LogP) is 4.19. The maximum Gasteiger partial charge on any atom is 0.303 e. The molecule has 0 amide bonds. The van der Waals surface area contributed by atoms with Gasteiger partial charge in [0.25, 0.3) is 0 Å². The third-order valence-corrected chi connectivity index (χ3v) is 8.59. The fourth-order valence-corrected chi connectivity index (χ4v) is 6.89. The average Bonchev–Trinajstić information content (AvgIpc) is 2.77. The Kier molecular flexibility index (Phi) is 3.90. The summed E-state index contributed by atoms with van der Waals surface area (Å²) >= 11 is 0. The van der Waals surface area contributed by atoms with Crippen molar-refractivity contribution < 1.29 is 19.1 Å². The molecular formula is C23H30O4. The summed E-state index contributed by atoms with van der Waals surface area (Å²) in [6, 6.07) is 0. The van der Waals surface area contributed by atoms with E-state index in [1.807, 2.05) is 13.0 Å². The summed E-state index contributed by atoms with van der Waals surface area (Å²) in [5.74, 6) is 0.814. The van der Waals surface area contributed by atoms with Crippen LogP contribution in [0.1, 0.15) is 66.7 Å². The Morgan fingerprint density at radius 1 is 1.15 bits per heavy atom. The van der Waals surface area contributed by atoms with Gasteiger partial charge < -0.3 is 4.74 Å². The summed E-state index contributed by atoms with van der Waals surface area (Å²) in [6.45, 7) is 9.77. The van der Waals surface area contributed by atoms with Crippen molar-refractivity contribution >= 4 is 17.5 Å². The fraction of sp³-hybridized carbons (Fsp3) is 0.696. The molecule has 2 saturated carbocycles. The second-order valence-electron chi connectivity index (χ2n) is 9.79. The van der Waals surface area contributed by atoms with Crippen LogP contribution in [-0.4, -0.2) is 23.1 Å². The van der Waals surface area contributed by atoms with Gasteiger partial charge >= 0.3 is 5.97 Å². The largest absolute Gasteiger partial charge is 0.451 e. The third-order valence-electron chi connectivity index (χ3n) is 8.59. The number of hydrogen-bond acceptors (Lipinski definition) is 4. The molecule has 0 heterocycles. The zero-order valence-electron chi connectivity index (χ0n) is 17.1. The Morgan fingerprint density at radius 3 is 2.52 bits per heavy atom. The highest BCUT2D eigenvalue weighted by atomic mass is 16.6. The summed E-state index contributed by atoms with van der Waals surface area (Å²) in [4.78, 5) is 36.8. The molecule has 6 atom stereocenters. The van der Waals surface area contributed by atoms with Crippen molar-refractivity contribution in [2.24, 2.45) is 28.6 Å². The Hall–Kier alpha value is -1.71. The molecule has 0 N–H and O–H groups in total. The van der Waals surface area contributed by atoms with Crippen LogP contribution in [0.15, 0.2) is 23.3 Å².